The van der Waals surface area contributed by atoms with Crippen LogP contribution in [0.15, 0.2) is 0 Å². The molecule has 1 heterocycles. The predicted octanol–water partition coefficient (Wildman–Crippen LogP) is 0.901. The molecule has 11 heavy (non-hydrogen) atoms. The molecule has 0 aromatic rings. The molecule has 1 saturated carbocycles. The lowest BCUT2D eigenvalue weighted by atomic mass is 9.64. The van der Waals surface area contributed by atoms with E-state index in [1.807, 2.05) is 0 Å². The van der Waals surface area contributed by atoms with E-state index in [4.69, 9.17) is 0 Å². The normalized spacial score (nSPS) is 36.3. The molecule has 1 aliphatic heterocycles. The molecule has 0 radical (unpaired) electrons. The zero-order chi connectivity index (χ0) is 7.73. The molecule has 2 heteroatoms. The third-order valence-corrected chi connectivity index (χ3v) is 3.29. The van der Waals surface area contributed by atoms with Crippen LogP contribution in [-0.2, 0) is 0 Å². The van der Waals surface area contributed by atoms with Gasteiger partial charge in [-0.05, 0) is 37.6 Å². The largest absolute Gasteiger partial charge is 0.392 e. The van der Waals surface area contributed by atoms with Gasteiger partial charge in [0.05, 0.1) is 6.10 Å². The van der Waals surface area contributed by atoms with Crippen LogP contribution in [-0.4, -0.2) is 24.3 Å². The van der Waals surface area contributed by atoms with Crippen molar-refractivity contribution in [1.82, 2.24) is 5.32 Å². The SMILES string of the molecule is OC1CNCCC2(CCC2)C1. The maximum Gasteiger partial charge on any atom is 0.0669 e. The van der Waals surface area contributed by atoms with E-state index in [-0.39, 0.29) is 6.10 Å². The van der Waals surface area contributed by atoms with Gasteiger partial charge in [0.2, 0.25) is 0 Å². The molecule has 2 aliphatic rings. The zero-order valence-electron chi connectivity index (χ0n) is 6.97. The van der Waals surface area contributed by atoms with E-state index in [0.29, 0.717) is 5.41 Å². The number of aliphatic hydroxyl groups is 1. The van der Waals surface area contributed by atoms with Gasteiger partial charge in [-0.2, -0.15) is 0 Å². The van der Waals surface area contributed by atoms with Crippen molar-refractivity contribution in [3.8, 4) is 0 Å². The van der Waals surface area contributed by atoms with Gasteiger partial charge >= 0.3 is 0 Å². The van der Waals surface area contributed by atoms with Crippen molar-refractivity contribution in [3.63, 3.8) is 0 Å². The lowest BCUT2D eigenvalue weighted by Crippen LogP contribution is -2.33. The minimum atomic E-state index is -0.0854. The van der Waals surface area contributed by atoms with Crippen molar-refractivity contribution in [2.45, 2.75) is 38.2 Å². The highest BCUT2D eigenvalue weighted by Gasteiger charge is 2.39. The molecule has 64 valence electrons. The van der Waals surface area contributed by atoms with Crippen molar-refractivity contribution in [2.75, 3.05) is 13.1 Å². The summed E-state index contributed by atoms with van der Waals surface area (Å²) in [6.45, 7) is 1.92. The molecule has 2 rings (SSSR count). The van der Waals surface area contributed by atoms with Crippen molar-refractivity contribution >= 4 is 0 Å². The molecule has 2 N–H and O–H groups in total. The van der Waals surface area contributed by atoms with Gasteiger partial charge in [0.25, 0.3) is 0 Å². The Hall–Kier alpha value is -0.0800. The van der Waals surface area contributed by atoms with Gasteiger partial charge in [-0.15, -0.1) is 0 Å². The van der Waals surface area contributed by atoms with Crippen molar-refractivity contribution in [3.05, 3.63) is 0 Å². The van der Waals surface area contributed by atoms with E-state index in [1.165, 1.54) is 25.7 Å². The van der Waals surface area contributed by atoms with Crippen LogP contribution in [0.4, 0.5) is 0 Å². The van der Waals surface area contributed by atoms with Gasteiger partial charge in [0, 0.05) is 6.54 Å². The summed E-state index contributed by atoms with van der Waals surface area (Å²) in [4.78, 5) is 0. The Morgan fingerprint density at radius 3 is 2.73 bits per heavy atom. The number of β-amino-alcohol motifs (C(OH)–C–C–N with tert-alkyl or cyclic N) is 1. The maximum atomic E-state index is 9.53. The Bertz CT molecular complexity index is 142. The summed E-state index contributed by atoms with van der Waals surface area (Å²) >= 11 is 0. The van der Waals surface area contributed by atoms with Gasteiger partial charge in [0.15, 0.2) is 0 Å². The molecule has 1 aliphatic carbocycles. The molecule has 1 saturated heterocycles. The van der Waals surface area contributed by atoms with Crippen molar-refractivity contribution in [1.29, 1.82) is 0 Å². The van der Waals surface area contributed by atoms with Crippen LogP contribution < -0.4 is 5.32 Å². The molecule has 1 unspecified atom stereocenters. The van der Waals surface area contributed by atoms with E-state index in [2.05, 4.69) is 5.32 Å². The van der Waals surface area contributed by atoms with Crippen LogP contribution in [0.5, 0.6) is 0 Å². The Balaban J connectivity index is 1.97. The Morgan fingerprint density at radius 1 is 1.27 bits per heavy atom. The Kier molecular flexibility index (Phi) is 1.90. The molecule has 0 aromatic carbocycles. The second-order valence-electron chi connectivity index (χ2n) is 4.17. The molecule has 1 atom stereocenters. The molecular weight excluding hydrogens is 138 g/mol. The average Bonchev–Trinajstić information content (AvgIpc) is 2.09. The summed E-state index contributed by atoms with van der Waals surface area (Å²) < 4.78 is 0. The lowest BCUT2D eigenvalue weighted by Gasteiger charge is -2.42. The fourth-order valence-corrected chi connectivity index (χ4v) is 2.43. The number of hydrogen-bond donors (Lipinski definition) is 2. The van der Waals surface area contributed by atoms with E-state index in [0.717, 1.165) is 19.5 Å². The van der Waals surface area contributed by atoms with Crippen LogP contribution in [0.3, 0.4) is 0 Å². The van der Waals surface area contributed by atoms with Crippen LogP contribution in [0, 0.1) is 5.41 Å². The molecule has 2 nitrogen and oxygen atoms in total. The monoisotopic (exact) mass is 155 g/mol. The summed E-state index contributed by atoms with van der Waals surface area (Å²) in [5.41, 5.74) is 0.545. The quantitative estimate of drug-likeness (QED) is 0.545. The van der Waals surface area contributed by atoms with Gasteiger partial charge in [-0.3, -0.25) is 0 Å². The zero-order valence-corrected chi connectivity index (χ0v) is 6.97. The maximum absolute atomic E-state index is 9.53. The van der Waals surface area contributed by atoms with Gasteiger partial charge < -0.3 is 10.4 Å². The number of nitrogens with one attached hydrogen (secondary N) is 1. The summed E-state index contributed by atoms with van der Waals surface area (Å²) in [5, 5.41) is 12.8. The van der Waals surface area contributed by atoms with Gasteiger partial charge in [-0.25, -0.2) is 0 Å². The smallest absolute Gasteiger partial charge is 0.0669 e. The molecular formula is C9H17NO. The summed E-state index contributed by atoms with van der Waals surface area (Å²) in [6, 6.07) is 0. The first-order valence-electron chi connectivity index (χ1n) is 4.70. The van der Waals surface area contributed by atoms with Crippen LogP contribution >= 0.6 is 0 Å². The highest BCUT2D eigenvalue weighted by Crippen LogP contribution is 2.47. The Labute approximate surface area is 68.0 Å². The molecule has 0 aromatic heterocycles. The van der Waals surface area contributed by atoms with E-state index >= 15 is 0 Å². The fraction of sp³-hybridized carbons (Fsp3) is 1.00. The number of rotatable bonds is 0. The van der Waals surface area contributed by atoms with Crippen molar-refractivity contribution in [2.24, 2.45) is 5.41 Å². The van der Waals surface area contributed by atoms with E-state index in [9.17, 15) is 5.11 Å². The van der Waals surface area contributed by atoms with Crippen LogP contribution in [0.1, 0.15) is 32.1 Å². The van der Waals surface area contributed by atoms with Crippen molar-refractivity contribution < 1.29 is 5.11 Å². The van der Waals surface area contributed by atoms with E-state index in [1.54, 1.807) is 0 Å². The molecule has 0 bridgehead atoms. The molecule has 0 amide bonds. The predicted molar refractivity (Wildman–Crippen MR) is 44.4 cm³/mol. The Morgan fingerprint density at radius 2 is 2.09 bits per heavy atom. The molecule has 2 fully saturated rings. The highest BCUT2D eigenvalue weighted by molar-refractivity contribution is 4.92. The summed E-state index contributed by atoms with van der Waals surface area (Å²) in [7, 11) is 0. The minimum absolute atomic E-state index is 0.0854. The average molecular weight is 155 g/mol. The fourth-order valence-electron chi connectivity index (χ4n) is 2.43. The first kappa shape index (κ1) is 7.56. The second kappa shape index (κ2) is 2.76. The molecule has 1 spiro atoms. The highest BCUT2D eigenvalue weighted by atomic mass is 16.3. The van der Waals surface area contributed by atoms with Gasteiger partial charge in [0.1, 0.15) is 0 Å². The summed E-state index contributed by atoms with van der Waals surface area (Å²) in [5.74, 6) is 0. The number of aliphatic hydroxyl groups excluding tert-OH is 1. The third-order valence-electron chi connectivity index (χ3n) is 3.29. The lowest BCUT2D eigenvalue weighted by molar-refractivity contribution is 0.0509. The minimum Gasteiger partial charge on any atom is -0.392 e. The van der Waals surface area contributed by atoms with Crippen LogP contribution in [0.2, 0.25) is 0 Å². The van der Waals surface area contributed by atoms with E-state index < -0.39 is 0 Å². The summed E-state index contributed by atoms with van der Waals surface area (Å²) in [6.07, 6.45) is 6.33. The third kappa shape index (κ3) is 1.42. The first-order valence-corrected chi connectivity index (χ1v) is 4.70. The van der Waals surface area contributed by atoms with Gasteiger partial charge in [-0.1, -0.05) is 6.42 Å². The second-order valence-corrected chi connectivity index (χ2v) is 4.17. The topological polar surface area (TPSA) is 32.3 Å². The number of hydrogen-bond acceptors (Lipinski definition) is 2. The van der Waals surface area contributed by atoms with Crippen LogP contribution in [0.25, 0.3) is 0 Å². The standard InChI is InChI=1S/C9H17NO/c11-8-6-9(2-1-3-9)4-5-10-7-8/h8,10-11H,1-7H2. The first-order chi connectivity index (χ1) is 5.31.